The van der Waals surface area contributed by atoms with Gasteiger partial charge in [0, 0.05) is 6.42 Å². The number of rotatable bonds is 60. The number of phosphoric ester groups is 1. The lowest BCUT2D eigenvalue weighted by atomic mass is 10.0. The second-order valence-corrected chi connectivity index (χ2v) is 24.8. The van der Waals surface area contributed by atoms with E-state index in [1.165, 1.54) is 148 Å². The minimum Gasteiger partial charge on any atom is -0.756 e. The van der Waals surface area contributed by atoms with Crippen LogP contribution in [-0.4, -0.2) is 68.5 Å². The van der Waals surface area contributed by atoms with Gasteiger partial charge in [-0.2, -0.15) is 0 Å². The topological polar surface area (TPSA) is 108 Å². The van der Waals surface area contributed by atoms with E-state index in [-0.39, 0.29) is 12.5 Å². The zero-order valence-electron chi connectivity index (χ0n) is 53.6. The van der Waals surface area contributed by atoms with Gasteiger partial charge >= 0.3 is 0 Å². The van der Waals surface area contributed by atoms with Crippen LogP contribution in [0.15, 0.2) is 134 Å². The van der Waals surface area contributed by atoms with Crippen LogP contribution in [0.5, 0.6) is 0 Å². The number of phosphoric acid groups is 1. The lowest BCUT2D eigenvalue weighted by Gasteiger charge is -2.29. The van der Waals surface area contributed by atoms with Gasteiger partial charge in [-0.3, -0.25) is 9.36 Å². The van der Waals surface area contributed by atoms with Crippen molar-refractivity contribution in [3.8, 4) is 0 Å². The molecule has 82 heavy (non-hydrogen) atoms. The summed E-state index contributed by atoms with van der Waals surface area (Å²) in [6.07, 6.45) is 94.1. The molecule has 0 radical (unpaired) electrons. The Morgan fingerprint density at radius 2 is 0.756 bits per heavy atom. The predicted octanol–water partition coefficient (Wildman–Crippen LogP) is 20.8. The summed E-state index contributed by atoms with van der Waals surface area (Å²) in [5, 5.41) is 13.9. The molecule has 1 amide bonds. The van der Waals surface area contributed by atoms with Gasteiger partial charge in [0.15, 0.2) is 0 Å². The van der Waals surface area contributed by atoms with E-state index < -0.39 is 26.6 Å². The van der Waals surface area contributed by atoms with Crippen LogP contribution in [0, 0.1) is 0 Å². The number of hydrogen-bond acceptors (Lipinski definition) is 6. The molecule has 0 rings (SSSR count). The lowest BCUT2D eigenvalue weighted by molar-refractivity contribution is -0.870. The van der Waals surface area contributed by atoms with E-state index in [9.17, 15) is 19.4 Å². The number of nitrogens with one attached hydrogen (secondary N) is 1. The fraction of sp³-hybridized carbons (Fsp3) is 0.685. The van der Waals surface area contributed by atoms with Gasteiger partial charge in [-0.05, 0) is 103 Å². The van der Waals surface area contributed by atoms with Gasteiger partial charge in [-0.15, -0.1) is 0 Å². The quantitative estimate of drug-likeness (QED) is 0.0272. The second-order valence-electron chi connectivity index (χ2n) is 23.4. The monoisotopic (exact) mass is 1160 g/mol. The van der Waals surface area contributed by atoms with Crippen LogP contribution in [0.4, 0.5) is 0 Å². The maximum atomic E-state index is 13.0. The fourth-order valence-corrected chi connectivity index (χ4v) is 9.89. The third-order valence-electron chi connectivity index (χ3n) is 14.3. The van der Waals surface area contributed by atoms with Gasteiger partial charge in [0.1, 0.15) is 13.2 Å². The Morgan fingerprint density at radius 3 is 1.13 bits per heavy atom. The molecule has 0 aromatic rings. The number of nitrogens with zero attached hydrogens (tertiary/aromatic N) is 1. The third-order valence-corrected chi connectivity index (χ3v) is 15.3. The first kappa shape index (κ1) is 78.6. The first-order valence-electron chi connectivity index (χ1n) is 33.5. The highest BCUT2D eigenvalue weighted by atomic mass is 31.2. The van der Waals surface area contributed by atoms with Crippen LogP contribution in [0.25, 0.3) is 0 Å². The maximum absolute atomic E-state index is 13.0. The average Bonchev–Trinajstić information content (AvgIpc) is 3.46. The molecule has 470 valence electrons. The van der Waals surface area contributed by atoms with E-state index in [0.29, 0.717) is 17.4 Å². The normalized spacial score (nSPS) is 14.6. The van der Waals surface area contributed by atoms with Crippen molar-refractivity contribution in [3.05, 3.63) is 134 Å². The maximum Gasteiger partial charge on any atom is 0.268 e. The number of hydrogen-bond donors (Lipinski definition) is 2. The summed E-state index contributed by atoms with van der Waals surface area (Å²) < 4.78 is 23.4. The molecule has 0 fully saturated rings. The number of aliphatic hydroxyl groups excluding tert-OH is 1. The fourth-order valence-electron chi connectivity index (χ4n) is 9.16. The summed E-state index contributed by atoms with van der Waals surface area (Å²) in [6, 6.07) is -0.915. The van der Waals surface area contributed by atoms with E-state index in [2.05, 4.69) is 141 Å². The van der Waals surface area contributed by atoms with Crippen molar-refractivity contribution in [1.82, 2.24) is 5.32 Å². The SMILES string of the molecule is CC/C=C\C/C=C\C/C=C\C/C=C\C/C=C\C/C=C\C/C=C\C/C=C\C/C=C\CCCCCCCCCCCCCC(=O)NC(COP(=O)([O-])OCC[N+](C)(C)C)C(O)/C=C/CC/C=C/CCCCCCCCCCCCCCCCC. The molecule has 0 saturated heterocycles. The molecule has 8 nitrogen and oxygen atoms in total. The highest BCUT2D eigenvalue weighted by molar-refractivity contribution is 7.45. The largest absolute Gasteiger partial charge is 0.756 e. The number of quaternary nitrogens is 1. The summed E-state index contributed by atoms with van der Waals surface area (Å²) in [4.78, 5) is 25.6. The van der Waals surface area contributed by atoms with Crippen LogP contribution < -0.4 is 10.2 Å². The molecule has 9 heteroatoms. The van der Waals surface area contributed by atoms with E-state index in [0.717, 1.165) is 103 Å². The van der Waals surface area contributed by atoms with Crippen LogP contribution in [-0.2, 0) is 18.4 Å². The van der Waals surface area contributed by atoms with E-state index in [4.69, 9.17) is 9.05 Å². The van der Waals surface area contributed by atoms with Crippen molar-refractivity contribution in [2.75, 3.05) is 40.9 Å². The molecule has 0 bridgehead atoms. The van der Waals surface area contributed by atoms with Crippen LogP contribution in [0.2, 0.25) is 0 Å². The zero-order chi connectivity index (χ0) is 59.8. The van der Waals surface area contributed by atoms with Crippen molar-refractivity contribution in [3.63, 3.8) is 0 Å². The molecule has 0 aliphatic rings. The molecule has 0 aromatic carbocycles. The minimum absolute atomic E-state index is 0.0124. The standard InChI is InChI=1S/C73H127N2O6P/c1-6-8-10-12-14-16-18-20-22-24-26-28-29-30-31-32-33-34-35-36-37-38-39-40-41-42-43-44-45-47-49-51-53-55-57-59-61-63-65-67-73(77)74-71(70-81-82(78,79)80-69-68-75(3,4)5)72(76)66-64-62-60-58-56-54-52-50-48-46-27-25-23-21-19-17-15-13-11-9-7-2/h8,10,14,16,20,22,26,28,30-31,33-34,36-37,39-40,42-43,56,58,64,66,71-72,76H,6-7,9,11-13,15,17-19,21,23-25,27,29,32,35,38,41,44-55,57,59-63,65,67-70H2,1-5H3,(H-,74,77,78,79)/b10-8-,16-14-,22-20-,28-26-,31-30-,34-33-,37-36-,40-39-,43-42-,58-56+,66-64+. The Labute approximate surface area is 506 Å². The summed E-state index contributed by atoms with van der Waals surface area (Å²) >= 11 is 0. The zero-order valence-corrected chi connectivity index (χ0v) is 54.5. The molecular formula is C73H127N2O6P. The van der Waals surface area contributed by atoms with Crippen molar-refractivity contribution in [2.45, 2.75) is 283 Å². The Morgan fingerprint density at radius 1 is 0.439 bits per heavy atom. The highest BCUT2D eigenvalue weighted by Crippen LogP contribution is 2.38. The Bertz CT molecular complexity index is 1800. The second kappa shape index (κ2) is 62.2. The molecule has 0 aliphatic heterocycles. The molecule has 0 saturated carbocycles. The molecule has 0 aliphatic carbocycles. The van der Waals surface area contributed by atoms with Gasteiger partial charge < -0.3 is 28.8 Å². The number of carbonyl (C=O) groups is 1. The van der Waals surface area contributed by atoms with Crippen LogP contribution in [0.3, 0.4) is 0 Å². The third kappa shape index (κ3) is 64.2. The molecule has 0 aromatic heterocycles. The number of unbranched alkanes of at least 4 members (excludes halogenated alkanes) is 27. The Hall–Kier alpha value is -3.36. The molecule has 0 heterocycles. The lowest BCUT2D eigenvalue weighted by Crippen LogP contribution is -2.45. The van der Waals surface area contributed by atoms with Gasteiger partial charge in [0.25, 0.3) is 7.82 Å². The van der Waals surface area contributed by atoms with E-state index in [1.807, 2.05) is 27.2 Å². The summed E-state index contributed by atoms with van der Waals surface area (Å²) in [5.41, 5.74) is 0. The number of allylic oxidation sites excluding steroid dienone is 21. The summed E-state index contributed by atoms with van der Waals surface area (Å²) in [7, 11) is 1.23. The van der Waals surface area contributed by atoms with Gasteiger partial charge in [0.05, 0.1) is 39.9 Å². The average molecular weight is 1160 g/mol. The van der Waals surface area contributed by atoms with E-state index in [1.54, 1.807) is 6.08 Å². The molecule has 3 unspecified atom stereocenters. The van der Waals surface area contributed by atoms with Crippen LogP contribution in [0.1, 0.15) is 271 Å². The number of amides is 1. The first-order chi connectivity index (χ1) is 40.0. The minimum atomic E-state index is -4.62. The molecule has 2 N–H and O–H groups in total. The Balaban J connectivity index is 4.15. The van der Waals surface area contributed by atoms with Crippen molar-refractivity contribution < 1.29 is 32.9 Å². The molecule has 0 spiro atoms. The van der Waals surface area contributed by atoms with Crippen LogP contribution >= 0.6 is 7.82 Å². The van der Waals surface area contributed by atoms with E-state index >= 15 is 0 Å². The number of aliphatic hydroxyl groups is 1. The van der Waals surface area contributed by atoms with Gasteiger partial charge in [-0.25, -0.2) is 0 Å². The number of carbonyl (C=O) groups excluding carboxylic acids is 1. The van der Waals surface area contributed by atoms with Crippen molar-refractivity contribution >= 4 is 13.7 Å². The molecular weight excluding hydrogens is 1030 g/mol. The highest BCUT2D eigenvalue weighted by Gasteiger charge is 2.23. The smallest absolute Gasteiger partial charge is 0.268 e. The first-order valence-corrected chi connectivity index (χ1v) is 35.0. The summed E-state index contributed by atoms with van der Waals surface area (Å²) in [5.74, 6) is -0.214. The van der Waals surface area contributed by atoms with Gasteiger partial charge in [-0.1, -0.05) is 295 Å². The Kier molecular flexibility index (Phi) is 59.6. The molecule has 3 atom stereocenters. The number of likely N-dealkylation sites (N-methyl/N-ethyl adjacent to an activating group) is 1. The summed E-state index contributed by atoms with van der Waals surface area (Å²) in [6.45, 7) is 4.52. The predicted molar refractivity (Wildman–Crippen MR) is 357 cm³/mol. The van der Waals surface area contributed by atoms with Crippen molar-refractivity contribution in [1.29, 1.82) is 0 Å². The van der Waals surface area contributed by atoms with Gasteiger partial charge in [0.2, 0.25) is 5.91 Å². The van der Waals surface area contributed by atoms with Crippen molar-refractivity contribution in [2.24, 2.45) is 0 Å².